The Bertz CT molecular complexity index is 279. The Morgan fingerprint density at radius 3 is 2.62 bits per heavy atom. The van der Waals surface area contributed by atoms with Gasteiger partial charge in [-0.05, 0) is 36.6 Å². The molecular formula is C11H16O2. The van der Waals surface area contributed by atoms with E-state index in [2.05, 4.69) is 6.92 Å². The van der Waals surface area contributed by atoms with Crippen LogP contribution in [0.15, 0.2) is 18.2 Å². The van der Waals surface area contributed by atoms with Crippen molar-refractivity contribution in [3.8, 4) is 5.75 Å². The van der Waals surface area contributed by atoms with Crippen molar-refractivity contribution < 1.29 is 9.84 Å². The Kier molecular flexibility index (Phi) is 3.32. The van der Waals surface area contributed by atoms with Crippen LogP contribution in [0.3, 0.4) is 0 Å². The Hall–Kier alpha value is -1.02. The second-order valence-electron chi connectivity index (χ2n) is 3.09. The minimum Gasteiger partial charge on any atom is -0.497 e. The highest BCUT2D eigenvalue weighted by Crippen LogP contribution is 2.23. The lowest BCUT2D eigenvalue weighted by atomic mass is 10.0. The van der Waals surface area contributed by atoms with Crippen LogP contribution in [0.4, 0.5) is 0 Å². The van der Waals surface area contributed by atoms with Crippen molar-refractivity contribution in [1.82, 2.24) is 0 Å². The molecule has 13 heavy (non-hydrogen) atoms. The lowest BCUT2D eigenvalue weighted by Crippen LogP contribution is -1.98. The fourth-order valence-corrected chi connectivity index (χ4v) is 1.41. The number of benzene rings is 1. The van der Waals surface area contributed by atoms with Gasteiger partial charge in [-0.1, -0.05) is 13.0 Å². The van der Waals surface area contributed by atoms with Crippen molar-refractivity contribution in [1.29, 1.82) is 0 Å². The maximum Gasteiger partial charge on any atom is 0.119 e. The number of hydrogen-bond donors (Lipinski definition) is 1. The number of aliphatic hydroxyl groups is 1. The largest absolute Gasteiger partial charge is 0.497 e. The van der Waals surface area contributed by atoms with Gasteiger partial charge in [0.25, 0.3) is 0 Å². The van der Waals surface area contributed by atoms with E-state index in [-0.39, 0.29) is 0 Å². The van der Waals surface area contributed by atoms with Gasteiger partial charge in [-0.3, -0.25) is 0 Å². The summed E-state index contributed by atoms with van der Waals surface area (Å²) in [5.41, 5.74) is 2.14. The summed E-state index contributed by atoms with van der Waals surface area (Å²) in [5.74, 6) is 0.799. The van der Waals surface area contributed by atoms with E-state index in [1.54, 1.807) is 14.0 Å². The molecule has 1 atom stereocenters. The number of aryl methyl sites for hydroxylation is 1. The topological polar surface area (TPSA) is 29.5 Å². The molecule has 0 saturated carbocycles. The summed E-state index contributed by atoms with van der Waals surface area (Å²) >= 11 is 0. The Morgan fingerprint density at radius 1 is 1.46 bits per heavy atom. The van der Waals surface area contributed by atoms with Crippen LogP contribution in [0.25, 0.3) is 0 Å². The summed E-state index contributed by atoms with van der Waals surface area (Å²) < 4.78 is 5.09. The zero-order chi connectivity index (χ0) is 9.84. The Balaban J connectivity index is 3.10. The summed E-state index contributed by atoms with van der Waals surface area (Å²) in [4.78, 5) is 0. The van der Waals surface area contributed by atoms with Gasteiger partial charge in [0.15, 0.2) is 0 Å². The highest BCUT2D eigenvalue weighted by Gasteiger charge is 2.07. The van der Waals surface area contributed by atoms with Crippen LogP contribution < -0.4 is 4.74 Å². The first-order chi connectivity index (χ1) is 6.19. The Labute approximate surface area is 79.2 Å². The molecule has 0 heterocycles. The number of ether oxygens (including phenoxy) is 1. The second-order valence-corrected chi connectivity index (χ2v) is 3.09. The van der Waals surface area contributed by atoms with E-state index in [1.165, 1.54) is 5.56 Å². The molecule has 0 aliphatic rings. The molecule has 1 aromatic carbocycles. The maximum absolute atomic E-state index is 9.50. The molecule has 1 unspecified atom stereocenters. The third kappa shape index (κ3) is 2.22. The van der Waals surface area contributed by atoms with Crippen molar-refractivity contribution in [2.45, 2.75) is 26.4 Å². The number of aliphatic hydroxyl groups excluding tert-OH is 1. The van der Waals surface area contributed by atoms with Gasteiger partial charge in [-0.2, -0.15) is 0 Å². The van der Waals surface area contributed by atoms with Crippen LogP contribution in [0.2, 0.25) is 0 Å². The van der Waals surface area contributed by atoms with Gasteiger partial charge in [0.05, 0.1) is 13.2 Å². The van der Waals surface area contributed by atoms with E-state index in [4.69, 9.17) is 4.74 Å². The van der Waals surface area contributed by atoms with Crippen LogP contribution in [-0.4, -0.2) is 12.2 Å². The van der Waals surface area contributed by atoms with Crippen LogP contribution in [0.5, 0.6) is 5.75 Å². The number of hydrogen-bond acceptors (Lipinski definition) is 2. The van der Waals surface area contributed by atoms with Crippen molar-refractivity contribution in [3.63, 3.8) is 0 Å². The summed E-state index contributed by atoms with van der Waals surface area (Å²) in [7, 11) is 1.63. The molecule has 1 N–H and O–H groups in total. The normalized spacial score (nSPS) is 12.6. The molecule has 72 valence electrons. The molecule has 0 saturated heterocycles. The first-order valence-corrected chi connectivity index (χ1v) is 4.54. The lowest BCUT2D eigenvalue weighted by Gasteiger charge is -2.12. The fraction of sp³-hybridized carbons (Fsp3) is 0.455. The van der Waals surface area contributed by atoms with E-state index in [1.807, 2.05) is 18.2 Å². The Morgan fingerprint density at radius 2 is 2.15 bits per heavy atom. The van der Waals surface area contributed by atoms with Crippen molar-refractivity contribution in [3.05, 3.63) is 29.3 Å². The molecule has 0 radical (unpaired) electrons. The van der Waals surface area contributed by atoms with Gasteiger partial charge in [-0.25, -0.2) is 0 Å². The van der Waals surface area contributed by atoms with Gasteiger partial charge >= 0.3 is 0 Å². The minimum atomic E-state index is -0.426. The van der Waals surface area contributed by atoms with Crippen LogP contribution in [0, 0.1) is 0 Å². The fourth-order valence-electron chi connectivity index (χ4n) is 1.41. The van der Waals surface area contributed by atoms with Gasteiger partial charge < -0.3 is 9.84 Å². The molecule has 0 amide bonds. The predicted molar refractivity (Wildman–Crippen MR) is 53.0 cm³/mol. The summed E-state index contributed by atoms with van der Waals surface area (Å²) in [6, 6.07) is 5.81. The quantitative estimate of drug-likeness (QED) is 0.773. The standard InChI is InChI=1S/C11H16O2/c1-4-9-5-6-10(13-3)7-11(9)8(2)12/h5-8,12H,4H2,1-3H3. The van der Waals surface area contributed by atoms with E-state index >= 15 is 0 Å². The number of methoxy groups -OCH3 is 1. The highest BCUT2D eigenvalue weighted by molar-refractivity contribution is 5.36. The van der Waals surface area contributed by atoms with Crippen molar-refractivity contribution in [2.24, 2.45) is 0 Å². The first-order valence-electron chi connectivity index (χ1n) is 4.54. The molecule has 1 aromatic rings. The zero-order valence-electron chi connectivity index (χ0n) is 8.37. The average Bonchev–Trinajstić information content (AvgIpc) is 2.16. The summed E-state index contributed by atoms with van der Waals surface area (Å²) in [6.07, 6.45) is 0.509. The maximum atomic E-state index is 9.50. The van der Waals surface area contributed by atoms with E-state index in [9.17, 15) is 5.11 Å². The molecule has 2 nitrogen and oxygen atoms in total. The second kappa shape index (κ2) is 4.28. The molecule has 1 rings (SSSR count). The molecule has 0 spiro atoms. The van der Waals surface area contributed by atoms with E-state index < -0.39 is 6.10 Å². The lowest BCUT2D eigenvalue weighted by molar-refractivity contribution is 0.197. The van der Waals surface area contributed by atoms with Crippen molar-refractivity contribution >= 4 is 0 Å². The molecule has 0 aliphatic carbocycles. The van der Waals surface area contributed by atoms with Crippen molar-refractivity contribution in [2.75, 3.05) is 7.11 Å². The zero-order valence-corrected chi connectivity index (χ0v) is 8.37. The predicted octanol–water partition coefficient (Wildman–Crippen LogP) is 2.31. The summed E-state index contributed by atoms with van der Waals surface area (Å²) in [5, 5.41) is 9.50. The average molecular weight is 180 g/mol. The first kappa shape index (κ1) is 10.1. The third-order valence-corrected chi connectivity index (χ3v) is 2.18. The smallest absolute Gasteiger partial charge is 0.119 e. The van der Waals surface area contributed by atoms with E-state index in [0.29, 0.717) is 0 Å². The highest BCUT2D eigenvalue weighted by atomic mass is 16.5. The minimum absolute atomic E-state index is 0.426. The molecule has 0 fully saturated rings. The SMILES string of the molecule is CCc1ccc(OC)cc1C(C)O. The molecule has 0 aliphatic heterocycles. The van der Waals surface area contributed by atoms with Crippen LogP contribution in [-0.2, 0) is 6.42 Å². The van der Waals surface area contributed by atoms with Gasteiger partial charge in [0.1, 0.15) is 5.75 Å². The van der Waals surface area contributed by atoms with E-state index in [0.717, 1.165) is 17.7 Å². The van der Waals surface area contributed by atoms with Gasteiger partial charge in [-0.15, -0.1) is 0 Å². The monoisotopic (exact) mass is 180 g/mol. The van der Waals surface area contributed by atoms with Crippen LogP contribution in [0.1, 0.15) is 31.1 Å². The molecular weight excluding hydrogens is 164 g/mol. The third-order valence-electron chi connectivity index (χ3n) is 2.18. The summed E-state index contributed by atoms with van der Waals surface area (Å²) in [6.45, 7) is 3.85. The molecule has 2 heteroatoms. The molecule has 0 aromatic heterocycles. The number of rotatable bonds is 3. The van der Waals surface area contributed by atoms with Gasteiger partial charge in [0.2, 0.25) is 0 Å². The van der Waals surface area contributed by atoms with Gasteiger partial charge in [0, 0.05) is 0 Å². The van der Waals surface area contributed by atoms with Crippen LogP contribution >= 0.6 is 0 Å². The molecule has 0 bridgehead atoms.